The second-order valence-corrected chi connectivity index (χ2v) is 8.51. The first-order chi connectivity index (χ1) is 16.8. The minimum Gasteiger partial charge on any atom is -0.276 e. The van der Waals surface area contributed by atoms with E-state index in [1.54, 1.807) is 0 Å². The molecule has 0 fully saturated rings. The van der Waals surface area contributed by atoms with Crippen LogP contribution in [0.4, 0.5) is 0 Å². The van der Waals surface area contributed by atoms with Gasteiger partial charge in [0.15, 0.2) is 0 Å². The lowest BCUT2D eigenvalue weighted by molar-refractivity contribution is 0.755. The molecule has 0 aliphatic rings. The van der Waals surface area contributed by atoms with Gasteiger partial charge < -0.3 is 0 Å². The molecule has 1 atom stereocenters. The molecule has 0 amide bonds. The summed E-state index contributed by atoms with van der Waals surface area (Å²) in [5.74, 6) is 0. The van der Waals surface area contributed by atoms with Crippen LogP contribution >= 0.6 is 0 Å². The smallest absolute Gasteiger partial charge is 0.0797 e. The molecule has 0 radical (unpaired) electrons. The summed E-state index contributed by atoms with van der Waals surface area (Å²) in [5, 5.41) is 2.47. The van der Waals surface area contributed by atoms with Gasteiger partial charge in [0.25, 0.3) is 0 Å². The molecule has 5 aromatic rings. The van der Waals surface area contributed by atoms with Crippen molar-refractivity contribution in [1.29, 1.82) is 0 Å². The first-order valence-corrected chi connectivity index (χ1v) is 11.7. The van der Waals surface area contributed by atoms with Gasteiger partial charge in [-0.15, -0.1) is 0 Å². The quantitative estimate of drug-likeness (QED) is 0.226. The average Bonchev–Trinajstić information content (AvgIpc) is 2.92. The van der Waals surface area contributed by atoms with Crippen molar-refractivity contribution in [3.8, 4) is 0 Å². The maximum absolute atomic E-state index is 5.37. The number of hydrogen-bond donors (Lipinski definition) is 0. The van der Waals surface area contributed by atoms with E-state index in [0.29, 0.717) is 0 Å². The van der Waals surface area contributed by atoms with Gasteiger partial charge in [-0.2, -0.15) is 0 Å². The van der Waals surface area contributed by atoms with Crippen LogP contribution in [-0.2, 0) is 0 Å². The maximum atomic E-state index is 5.37. The summed E-state index contributed by atoms with van der Waals surface area (Å²) in [6, 6.07) is 46.4. The molecule has 0 bridgehead atoms. The predicted molar refractivity (Wildman–Crippen MR) is 145 cm³/mol. The Morgan fingerprint density at radius 1 is 0.559 bits per heavy atom. The highest BCUT2D eigenvalue weighted by Crippen LogP contribution is 2.32. The Balaban J connectivity index is 1.56. The number of benzene rings is 5. The molecule has 1 unspecified atom stereocenters. The fraction of sp³-hybridized carbons (Fsp3) is 0.0606. The van der Waals surface area contributed by atoms with Crippen molar-refractivity contribution < 1.29 is 0 Å². The first kappa shape index (κ1) is 21.6. The van der Waals surface area contributed by atoms with E-state index in [4.69, 9.17) is 4.99 Å². The Morgan fingerprint density at radius 2 is 1.09 bits per heavy atom. The summed E-state index contributed by atoms with van der Waals surface area (Å²) in [6.07, 6.45) is 0.742. The topological polar surface area (TPSA) is 12.4 Å². The van der Waals surface area contributed by atoms with Crippen molar-refractivity contribution >= 4 is 22.1 Å². The summed E-state index contributed by atoms with van der Waals surface area (Å²) in [7, 11) is 0. The lowest BCUT2D eigenvalue weighted by atomic mass is 9.93. The third-order valence-electron chi connectivity index (χ3n) is 6.16. The molecule has 0 aliphatic heterocycles. The van der Waals surface area contributed by atoms with E-state index >= 15 is 0 Å². The summed E-state index contributed by atoms with van der Waals surface area (Å²) < 4.78 is 0. The zero-order valence-corrected chi connectivity index (χ0v) is 19.1. The fourth-order valence-corrected chi connectivity index (χ4v) is 4.34. The summed E-state index contributed by atoms with van der Waals surface area (Å²) in [6.45, 7) is 4.48. The van der Waals surface area contributed by atoms with E-state index in [1.807, 2.05) is 12.1 Å². The fourth-order valence-electron chi connectivity index (χ4n) is 4.34. The van der Waals surface area contributed by atoms with Crippen LogP contribution in [0.3, 0.4) is 0 Å². The Kier molecular flexibility index (Phi) is 6.45. The largest absolute Gasteiger partial charge is 0.276 e. The second kappa shape index (κ2) is 10.1. The van der Waals surface area contributed by atoms with Gasteiger partial charge in [-0.25, -0.2) is 0 Å². The summed E-state index contributed by atoms with van der Waals surface area (Å²) in [5.41, 5.74) is 6.67. The van der Waals surface area contributed by atoms with Crippen LogP contribution in [0.5, 0.6) is 0 Å². The molecule has 0 saturated heterocycles. The predicted octanol–water partition coefficient (Wildman–Crippen LogP) is 8.52. The van der Waals surface area contributed by atoms with Gasteiger partial charge in [-0.3, -0.25) is 4.99 Å². The zero-order valence-electron chi connectivity index (χ0n) is 19.1. The number of hydrogen-bond acceptors (Lipinski definition) is 1. The lowest BCUT2D eigenvalue weighted by Crippen LogP contribution is -2.08. The Hall–Kier alpha value is -4.23. The van der Waals surface area contributed by atoms with Gasteiger partial charge in [-0.1, -0.05) is 134 Å². The van der Waals surface area contributed by atoms with Crippen molar-refractivity contribution in [3.63, 3.8) is 0 Å². The van der Waals surface area contributed by atoms with Crippen molar-refractivity contribution in [3.05, 3.63) is 162 Å². The van der Waals surface area contributed by atoms with Gasteiger partial charge >= 0.3 is 0 Å². The molecular weight excluding hydrogens is 410 g/mol. The highest BCUT2D eigenvalue weighted by Gasteiger charge is 2.16. The number of fused-ring (bicyclic) bond motifs is 1. The standard InChI is InChI=1S/C33H27N/c1-25(30-22-21-26-13-11-12-20-31(26)24-30)23-32(27-14-5-2-6-15-27)34-33(28-16-7-3-8-17-28)29-18-9-4-10-19-29/h2-22,24,32H,1,23H2. The van der Waals surface area contributed by atoms with Gasteiger partial charge in [0.1, 0.15) is 0 Å². The van der Waals surface area contributed by atoms with E-state index in [1.165, 1.54) is 16.3 Å². The van der Waals surface area contributed by atoms with Crippen molar-refractivity contribution in [2.75, 3.05) is 0 Å². The molecule has 0 saturated carbocycles. The van der Waals surface area contributed by atoms with Crippen LogP contribution in [0.25, 0.3) is 16.3 Å². The normalized spacial score (nSPS) is 11.6. The minimum absolute atomic E-state index is 0.0458. The lowest BCUT2D eigenvalue weighted by Gasteiger charge is -2.18. The Bertz CT molecular complexity index is 1380. The number of aliphatic imine (C=N–C) groups is 1. The van der Waals surface area contributed by atoms with Crippen molar-refractivity contribution in [1.82, 2.24) is 0 Å². The molecule has 0 aliphatic carbocycles. The number of rotatable bonds is 7. The number of nitrogens with zero attached hydrogens (tertiary/aromatic N) is 1. The van der Waals surface area contributed by atoms with E-state index < -0.39 is 0 Å². The molecule has 5 rings (SSSR count). The van der Waals surface area contributed by atoms with Crippen molar-refractivity contribution in [2.24, 2.45) is 4.99 Å². The molecule has 0 aromatic heterocycles. The minimum atomic E-state index is -0.0458. The molecule has 0 heterocycles. The van der Waals surface area contributed by atoms with E-state index in [0.717, 1.165) is 34.4 Å². The van der Waals surface area contributed by atoms with Crippen LogP contribution in [0, 0.1) is 0 Å². The molecule has 1 nitrogen and oxygen atoms in total. The SMILES string of the molecule is C=C(CC(N=C(c1ccccc1)c1ccccc1)c1ccccc1)c1ccc2ccccc2c1. The molecule has 5 aromatic carbocycles. The molecule has 0 spiro atoms. The monoisotopic (exact) mass is 437 g/mol. The summed E-state index contributed by atoms with van der Waals surface area (Å²) >= 11 is 0. The summed E-state index contributed by atoms with van der Waals surface area (Å²) in [4.78, 5) is 5.37. The second-order valence-electron chi connectivity index (χ2n) is 8.51. The van der Waals surface area contributed by atoms with Gasteiger partial charge in [0.2, 0.25) is 0 Å². The van der Waals surface area contributed by atoms with Crippen molar-refractivity contribution in [2.45, 2.75) is 12.5 Å². The van der Waals surface area contributed by atoms with Crippen LogP contribution in [-0.4, -0.2) is 5.71 Å². The highest BCUT2D eigenvalue weighted by atomic mass is 14.8. The zero-order chi connectivity index (χ0) is 23.2. The average molecular weight is 438 g/mol. The van der Waals surface area contributed by atoms with E-state index in [9.17, 15) is 0 Å². The maximum Gasteiger partial charge on any atom is 0.0797 e. The molecule has 34 heavy (non-hydrogen) atoms. The van der Waals surface area contributed by atoms with Gasteiger partial charge in [0, 0.05) is 11.1 Å². The van der Waals surface area contributed by atoms with Crippen LogP contribution < -0.4 is 0 Å². The third-order valence-corrected chi connectivity index (χ3v) is 6.16. The Labute approximate surface area is 201 Å². The molecule has 0 N–H and O–H groups in total. The van der Waals surface area contributed by atoms with E-state index in [2.05, 4.69) is 128 Å². The van der Waals surface area contributed by atoms with Gasteiger partial charge in [-0.05, 0) is 40.0 Å². The van der Waals surface area contributed by atoms with E-state index in [-0.39, 0.29) is 6.04 Å². The first-order valence-electron chi connectivity index (χ1n) is 11.7. The molecular formula is C33H27N. The third kappa shape index (κ3) is 4.89. The Morgan fingerprint density at radius 3 is 1.71 bits per heavy atom. The van der Waals surface area contributed by atoms with Crippen LogP contribution in [0.15, 0.2) is 145 Å². The molecule has 164 valence electrons. The molecule has 1 heteroatoms. The van der Waals surface area contributed by atoms with Gasteiger partial charge in [0.05, 0.1) is 11.8 Å². The van der Waals surface area contributed by atoms with Crippen LogP contribution in [0.1, 0.15) is 34.7 Å². The van der Waals surface area contributed by atoms with Crippen LogP contribution in [0.2, 0.25) is 0 Å². The highest BCUT2D eigenvalue weighted by molar-refractivity contribution is 6.13.